The van der Waals surface area contributed by atoms with Crippen molar-refractivity contribution in [2.45, 2.75) is 6.18 Å². The van der Waals surface area contributed by atoms with Gasteiger partial charge in [0.1, 0.15) is 0 Å². The number of halogens is 3. The van der Waals surface area contributed by atoms with E-state index in [1.165, 1.54) is 23.7 Å². The van der Waals surface area contributed by atoms with E-state index in [9.17, 15) is 18.0 Å². The van der Waals surface area contributed by atoms with E-state index in [0.29, 0.717) is 5.69 Å². The molecule has 8 heteroatoms. The van der Waals surface area contributed by atoms with Crippen LogP contribution in [0.2, 0.25) is 0 Å². The number of aromatic nitrogens is 3. The van der Waals surface area contributed by atoms with E-state index >= 15 is 0 Å². The van der Waals surface area contributed by atoms with Crippen LogP contribution in [0, 0.1) is 0 Å². The molecular weight excluding hydrogens is 261 g/mol. The topological polar surface area (TPSA) is 51.9 Å². The lowest BCUT2D eigenvalue weighted by atomic mass is 10.2. The summed E-state index contributed by atoms with van der Waals surface area (Å²) in [6, 6.07) is 4.31. The van der Waals surface area contributed by atoms with Crippen LogP contribution in [0.4, 0.5) is 19.1 Å². The van der Waals surface area contributed by atoms with Crippen molar-refractivity contribution in [3.05, 3.63) is 40.3 Å². The standard InChI is InChI=1S/C11H11F3N4O/c1-15-9-16-17(2)10(19)18(9)8-5-3-7(4-6-8)11(12,13)14/h3-6H,1-2H3,(H,15,16). The van der Waals surface area contributed by atoms with Crippen LogP contribution in [-0.4, -0.2) is 21.4 Å². The van der Waals surface area contributed by atoms with Crippen LogP contribution in [0.5, 0.6) is 0 Å². The smallest absolute Gasteiger partial charge is 0.357 e. The van der Waals surface area contributed by atoms with E-state index in [1.807, 2.05) is 0 Å². The molecule has 5 nitrogen and oxygen atoms in total. The minimum Gasteiger partial charge on any atom is -0.357 e. The number of hydrogen-bond donors (Lipinski definition) is 1. The third kappa shape index (κ3) is 2.33. The minimum atomic E-state index is -4.40. The molecule has 102 valence electrons. The van der Waals surface area contributed by atoms with Crippen molar-refractivity contribution in [1.82, 2.24) is 14.3 Å². The van der Waals surface area contributed by atoms with E-state index in [-0.39, 0.29) is 5.95 Å². The third-order valence-corrected chi connectivity index (χ3v) is 2.60. The Kier molecular flexibility index (Phi) is 3.09. The summed E-state index contributed by atoms with van der Waals surface area (Å²) < 4.78 is 39.7. The van der Waals surface area contributed by atoms with E-state index in [2.05, 4.69) is 10.4 Å². The first-order valence-electron chi connectivity index (χ1n) is 5.36. The highest BCUT2D eigenvalue weighted by molar-refractivity contribution is 5.42. The molecular formula is C11H11F3N4O. The molecule has 1 aromatic carbocycles. The van der Waals surface area contributed by atoms with E-state index in [4.69, 9.17) is 0 Å². The second kappa shape index (κ2) is 4.45. The van der Waals surface area contributed by atoms with Crippen molar-refractivity contribution in [3.8, 4) is 5.69 Å². The SMILES string of the molecule is CNc1nn(C)c(=O)n1-c1ccc(C(F)(F)F)cc1. The zero-order valence-electron chi connectivity index (χ0n) is 10.2. The second-order valence-corrected chi connectivity index (χ2v) is 3.86. The zero-order chi connectivity index (χ0) is 14.2. The third-order valence-electron chi connectivity index (χ3n) is 2.60. The summed E-state index contributed by atoms with van der Waals surface area (Å²) in [4.78, 5) is 11.8. The molecule has 1 heterocycles. The molecule has 0 unspecified atom stereocenters. The van der Waals surface area contributed by atoms with Gasteiger partial charge in [0, 0.05) is 14.1 Å². The number of nitrogens with zero attached hydrogens (tertiary/aromatic N) is 3. The van der Waals surface area contributed by atoms with Crippen molar-refractivity contribution in [2.24, 2.45) is 7.05 Å². The minimum absolute atomic E-state index is 0.257. The van der Waals surface area contributed by atoms with Gasteiger partial charge in [0.05, 0.1) is 11.3 Å². The van der Waals surface area contributed by atoms with Crippen LogP contribution in [0.3, 0.4) is 0 Å². The maximum Gasteiger partial charge on any atom is 0.416 e. The molecule has 1 aromatic heterocycles. The van der Waals surface area contributed by atoms with Crippen molar-refractivity contribution < 1.29 is 13.2 Å². The predicted octanol–water partition coefficient (Wildman–Crippen LogP) is 1.63. The van der Waals surface area contributed by atoms with Crippen LogP contribution in [0.25, 0.3) is 5.69 Å². The Balaban J connectivity index is 2.52. The molecule has 0 radical (unpaired) electrons. The van der Waals surface area contributed by atoms with Gasteiger partial charge in [-0.1, -0.05) is 0 Å². The van der Waals surface area contributed by atoms with E-state index < -0.39 is 17.4 Å². The zero-order valence-corrected chi connectivity index (χ0v) is 10.2. The molecule has 0 atom stereocenters. The van der Waals surface area contributed by atoms with Gasteiger partial charge < -0.3 is 5.32 Å². The van der Waals surface area contributed by atoms with Gasteiger partial charge in [0.15, 0.2) is 0 Å². The highest BCUT2D eigenvalue weighted by Crippen LogP contribution is 2.29. The summed E-state index contributed by atoms with van der Waals surface area (Å²) in [5, 5.41) is 6.62. The fraction of sp³-hybridized carbons (Fsp3) is 0.273. The average molecular weight is 272 g/mol. The molecule has 0 aliphatic rings. The van der Waals surface area contributed by atoms with Crippen molar-refractivity contribution in [2.75, 3.05) is 12.4 Å². The number of anilines is 1. The fourth-order valence-electron chi connectivity index (χ4n) is 1.66. The summed E-state index contributed by atoms with van der Waals surface area (Å²) >= 11 is 0. The molecule has 1 N–H and O–H groups in total. The van der Waals surface area contributed by atoms with Crippen LogP contribution in [-0.2, 0) is 13.2 Å². The van der Waals surface area contributed by atoms with Crippen molar-refractivity contribution in [3.63, 3.8) is 0 Å². The number of nitrogens with one attached hydrogen (secondary N) is 1. The molecule has 0 spiro atoms. The molecule has 0 bridgehead atoms. The lowest BCUT2D eigenvalue weighted by Crippen LogP contribution is -2.22. The van der Waals surface area contributed by atoms with Gasteiger partial charge in [-0.05, 0) is 24.3 Å². The van der Waals surface area contributed by atoms with Gasteiger partial charge in [-0.25, -0.2) is 14.0 Å². The Bertz CT molecular complexity index is 639. The van der Waals surface area contributed by atoms with Crippen LogP contribution in [0.15, 0.2) is 29.1 Å². The summed E-state index contributed by atoms with van der Waals surface area (Å²) in [5.41, 5.74) is -0.890. The average Bonchev–Trinajstić information content (AvgIpc) is 2.64. The first-order chi connectivity index (χ1) is 8.84. The van der Waals surface area contributed by atoms with Gasteiger partial charge in [-0.2, -0.15) is 13.2 Å². The molecule has 0 aliphatic carbocycles. The Morgan fingerprint density at radius 2 is 1.79 bits per heavy atom. The van der Waals surface area contributed by atoms with Gasteiger partial charge in [-0.15, -0.1) is 5.10 Å². The van der Waals surface area contributed by atoms with Gasteiger partial charge in [-0.3, -0.25) is 0 Å². The highest BCUT2D eigenvalue weighted by atomic mass is 19.4. The monoisotopic (exact) mass is 272 g/mol. The quantitative estimate of drug-likeness (QED) is 0.904. The fourth-order valence-corrected chi connectivity index (χ4v) is 1.66. The summed E-state index contributed by atoms with van der Waals surface area (Å²) in [6.45, 7) is 0. The van der Waals surface area contributed by atoms with Crippen LogP contribution in [0.1, 0.15) is 5.56 Å². The Hall–Kier alpha value is -2.25. The molecule has 0 amide bonds. The summed E-state index contributed by atoms with van der Waals surface area (Å²) in [6.07, 6.45) is -4.40. The summed E-state index contributed by atoms with van der Waals surface area (Å²) in [5.74, 6) is 0.257. The maximum atomic E-state index is 12.5. The van der Waals surface area contributed by atoms with Gasteiger partial charge in [0.25, 0.3) is 0 Å². The van der Waals surface area contributed by atoms with Crippen molar-refractivity contribution in [1.29, 1.82) is 0 Å². The second-order valence-electron chi connectivity index (χ2n) is 3.86. The maximum absolute atomic E-state index is 12.5. The Labute approximate surface area is 106 Å². The number of hydrogen-bond acceptors (Lipinski definition) is 3. The highest BCUT2D eigenvalue weighted by Gasteiger charge is 2.30. The van der Waals surface area contributed by atoms with Crippen molar-refractivity contribution >= 4 is 5.95 Å². The number of aryl methyl sites for hydroxylation is 1. The molecule has 0 aliphatic heterocycles. The van der Waals surface area contributed by atoms with Gasteiger partial charge >= 0.3 is 11.9 Å². The van der Waals surface area contributed by atoms with E-state index in [1.54, 1.807) is 7.05 Å². The summed E-state index contributed by atoms with van der Waals surface area (Å²) in [7, 11) is 3.03. The molecule has 2 rings (SSSR count). The molecule has 19 heavy (non-hydrogen) atoms. The molecule has 2 aromatic rings. The van der Waals surface area contributed by atoms with Crippen LogP contribution < -0.4 is 11.0 Å². The first kappa shape index (κ1) is 13.2. The molecule has 0 saturated carbocycles. The number of benzene rings is 1. The molecule has 0 saturated heterocycles. The Morgan fingerprint density at radius 3 is 2.26 bits per heavy atom. The largest absolute Gasteiger partial charge is 0.416 e. The lowest BCUT2D eigenvalue weighted by molar-refractivity contribution is -0.137. The Morgan fingerprint density at radius 1 is 1.21 bits per heavy atom. The number of alkyl halides is 3. The van der Waals surface area contributed by atoms with E-state index in [0.717, 1.165) is 16.8 Å². The predicted molar refractivity (Wildman–Crippen MR) is 63.4 cm³/mol. The normalized spacial score (nSPS) is 11.6. The molecule has 0 fully saturated rings. The van der Waals surface area contributed by atoms with Gasteiger partial charge in [0.2, 0.25) is 5.95 Å². The number of rotatable bonds is 2. The lowest BCUT2D eigenvalue weighted by Gasteiger charge is -2.08. The van der Waals surface area contributed by atoms with Crippen LogP contribution >= 0.6 is 0 Å². The first-order valence-corrected chi connectivity index (χ1v) is 5.36.